The van der Waals surface area contributed by atoms with E-state index in [1.165, 1.54) is 0 Å². The second-order valence-electron chi connectivity index (χ2n) is 4.92. The number of aryl methyl sites for hydroxylation is 1. The molecule has 0 saturated carbocycles. The highest BCUT2D eigenvalue weighted by atomic mass is 16.3. The van der Waals surface area contributed by atoms with E-state index in [0.717, 1.165) is 30.8 Å². The maximum atomic E-state index is 12.4. The van der Waals surface area contributed by atoms with Crippen LogP contribution in [0.25, 0.3) is 0 Å². The molecule has 0 fully saturated rings. The summed E-state index contributed by atoms with van der Waals surface area (Å²) in [6, 6.07) is 9.55. The number of aliphatic hydroxyl groups is 1. The summed E-state index contributed by atoms with van der Waals surface area (Å²) in [5.74, 6) is 1.27. The smallest absolute Gasteiger partial charge is 0.261 e. The number of benzene rings is 1. The molecule has 0 spiro atoms. The Labute approximate surface area is 116 Å². The van der Waals surface area contributed by atoms with Gasteiger partial charge in [0.05, 0.1) is 12.2 Å². The molecule has 0 radical (unpaired) electrons. The van der Waals surface area contributed by atoms with Crippen LogP contribution in [0.1, 0.15) is 24.2 Å². The number of hydrogen-bond acceptors (Lipinski definition) is 4. The Morgan fingerprint density at radius 1 is 1.25 bits per heavy atom. The Balaban J connectivity index is 2.06. The van der Waals surface area contributed by atoms with Crippen LogP contribution in [0.3, 0.4) is 0 Å². The van der Waals surface area contributed by atoms with Crippen LogP contribution < -0.4 is 10.9 Å². The molecule has 20 heavy (non-hydrogen) atoms. The lowest BCUT2D eigenvalue weighted by Gasteiger charge is -2.20. The molecule has 0 unspecified atom stereocenters. The average molecular weight is 271 g/mol. The molecule has 1 aromatic heterocycles. The number of anilines is 2. The minimum atomic E-state index is -0.304. The Kier molecular flexibility index (Phi) is 3.52. The van der Waals surface area contributed by atoms with Gasteiger partial charge in [-0.1, -0.05) is 18.2 Å². The summed E-state index contributed by atoms with van der Waals surface area (Å²) in [6.45, 7) is 0.390. The molecule has 1 aliphatic heterocycles. The van der Waals surface area contributed by atoms with E-state index < -0.39 is 0 Å². The van der Waals surface area contributed by atoms with E-state index in [0.29, 0.717) is 17.9 Å². The Hall–Kier alpha value is -2.14. The maximum Gasteiger partial charge on any atom is 0.261 e. The highest BCUT2D eigenvalue weighted by Gasteiger charge is 2.18. The fourth-order valence-electron chi connectivity index (χ4n) is 2.52. The van der Waals surface area contributed by atoms with Gasteiger partial charge in [-0.2, -0.15) is 0 Å². The summed E-state index contributed by atoms with van der Waals surface area (Å²) in [7, 11) is 0. The molecule has 0 aliphatic carbocycles. The molecule has 0 atom stereocenters. The molecule has 2 N–H and O–H groups in total. The van der Waals surface area contributed by atoms with E-state index in [2.05, 4.69) is 10.3 Å². The van der Waals surface area contributed by atoms with Gasteiger partial charge in [-0.15, -0.1) is 0 Å². The summed E-state index contributed by atoms with van der Waals surface area (Å²) in [5, 5.41) is 12.6. The molecule has 0 bridgehead atoms. The van der Waals surface area contributed by atoms with Crippen molar-refractivity contribution in [2.45, 2.75) is 32.4 Å². The van der Waals surface area contributed by atoms with Crippen LogP contribution >= 0.6 is 0 Å². The molecule has 2 aromatic rings. The third kappa shape index (κ3) is 2.32. The Bertz CT molecular complexity index is 665. The highest BCUT2D eigenvalue weighted by Crippen LogP contribution is 2.19. The number of nitrogens with one attached hydrogen (secondary N) is 1. The maximum absolute atomic E-state index is 12.4. The number of hydrogen-bond donors (Lipinski definition) is 2. The predicted octanol–water partition coefficient (Wildman–Crippen LogP) is 1.82. The SMILES string of the molecule is O=c1c(CO)c(Nc2ccccc2)nc2n1CCCC2. The normalized spacial score (nSPS) is 13.8. The first-order chi connectivity index (χ1) is 9.79. The fourth-order valence-corrected chi connectivity index (χ4v) is 2.52. The van der Waals surface area contributed by atoms with Gasteiger partial charge in [0, 0.05) is 18.7 Å². The van der Waals surface area contributed by atoms with E-state index in [9.17, 15) is 9.90 Å². The minimum Gasteiger partial charge on any atom is -0.391 e. The van der Waals surface area contributed by atoms with Crippen molar-refractivity contribution in [3.63, 3.8) is 0 Å². The molecule has 1 aromatic carbocycles. The summed E-state index contributed by atoms with van der Waals surface area (Å²) in [4.78, 5) is 16.9. The van der Waals surface area contributed by atoms with E-state index >= 15 is 0 Å². The van der Waals surface area contributed by atoms with Crippen molar-refractivity contribution < 1.29 is 5.11 Å². The zero-order valence-corrected chi connectivity index (χ0v) is 11.2. The van der Waals surface area contributed by atoms with Gasteiger partial charge in [-0.05, 0) is 25.0 Å². The second-order valence-corrected chi connectivity index (χ2v) is 4.92. The predicted molar refractivity (Wildman–Crippen MR) is 77.1 cm³/mol. The molecule has 0 amide bonds. The van der Waals surface area contributed by atoms with Crippen LogP contribution in [-0.4, -0.2) is 14.7 Å². The Morgan fingerprint density at radius 3 is 2.80 bits per heavy atom. The molecule has 104 valence electrons. The summed E-state index contributed by atoms with van der Waals surface area (Å²) in [6.07, 6.45) is 2.85. The quantitative estimate of drug-likeness (QED) is 0.893. The number of aliphatic hydroxyl groups excluding tert-OH is 1. The first kappa shape index (κ1) is 12.9. The molecule has 2 heterocycles. The first-order valence-corrected chi connectivity index (χ1v) is 6.85. The van der Waals surface area contributed by atoms with E-state index in [-0.39, 0.29) is 12.2 Å². The van der Waals surface area contributed by atoms with Crippen molar-refractivity contribution in [1.82, 2.24) is 9.55 Å². The number of rotatable bonds is 3. The van der Waals surface area contributed by atoms with Crippen LogP contribution in [-0.2, 0) is 19.6 Å². The summed E-state index contributed by atoms with van der Waals surface area (Å²) >= 11 is 0. The number of fused-ring (bicyclic) bond motifs is 1. The van der Waals surface area contributed by atoms with Crippen LogP contribution in [0.4, 0.5) is 11.5 Å². The van der Waals surface area contributed by atoms with Crippen molar-refractivity contribution in [3.8, 4) is 0 Å². The minimum absolute atomic E-state index is 0.129. The molecule has 0 saturated heterocycles. The lowest BCUT2D eigenvalue weighted by molar-refractivity contribution is 0.278. The first-order valence-electron chi connectivity index (χ1n) is 6.85. The third-order valence-corrected chi connectivity index (χ3v) is 3.57. The van der Waals surface area contributed by atoms with Crippen molar-refractivity contribution in [1.29, 1.82) is 0 Å². The number of para-hydroxylation sites is 1. The van der Waals surface area contributed by atoms with Crippen LogP contribution in [0.5, 0.6) is 0 Å². The van der Waals surface area contributed by atoms with Gasteiger partial charge in [0.2, 0.25) is 0 Å². The zero-order chi connectivity index (χ0) is 13.9. The van der Waals surface area contributed by atoms with Crippen LogP contribution in [0, 0.1) is 0 Å². The van der Waals surface area contributed by atoms with Crippen molar-refractivity contribution in [2.75, 3.05) is 5.32 Å². The lowest BCUT2D eigenvalue weighted by atomic mass is 10.1. The van der Waals surface area contributed by atoms with Gasteiger partial charge in [-0.3, -0.25) is 9.36 Å². The van der Waals surface area contributed by atoms with Crippen LogP contribution in [0.2, 0.25) is 0 Å². The van der Waals surface area contributed by atoms with E-state index in [4.69, 9.17) is 0 Å². The van der Waals surface area contributed by atoms with E-state index in [1.54, 1.807) is 4.57 Å². The lowest BCUT2D eigenvalue weighted by Crippen LogP contribution is -2.31. The zero-order valence-electron chi connectivity index (χ0n) is 11.2. The van der Waals surface area contributed by atoms with Gasteiger partial charge in [0.1, 0.15) is 11.6 Å². The molecular weight excluding hydrogens is 254 g/mol. The average Bonchev–Trinajstić information content (AvgIpc) is 2.49. The number of aromatic nitrogens is 2. The molecule has 5 heteroatoms. The molecule has 5 nitrogen and oxygen atoms in total. The standard InChI is InChI=1S/C15H17N3O2/c19-10-12-14(16-11-6-2-1-3-7-11)17-13-8-4-5-9-18(13)15(12)20/h1-3,6-7,16,19H,4-5,8-10H2. The number of nitrogens with zero attached hydrogens (tertiary/aromatic N) is 2. The topological polar surface area (TPSA) is 67.2 Å². The summed E-state index contributed by atoms with van der Waals surface area (Å²) in [5.41, 5.74) is 1.06. The largest absolute Gasteiger partial charge is 0.391 e. The second kappa shape index (κ2) is 5.46. The van der Waals surface area contributed by atoms with E-state index in [1.807, 2.05) is 30.3 Å². The molecule has 3 rings (SSSR count). The van der Waals surface area contributed by atoms with Gasteiger partial charge in [-0.25, -0.2) is 4.98 Å². The monoisotopic (exact) mass is 271 g/mol. The highest BCUT2D eigenvalue weighted by molar-refractivity contribution is 5.58. The molecule has 1 aliphatic rings. The molecular formula is C15H17N3O2. The van der Waals surface area contributed by atoms with Crippen molar-refractivity contribution >= 4 is 11.5 Å². The van der Waals surface area contributed by atoms with Crippen LogP contribution in [0.15, 0.2) is 35.1 Å². The van der Waals surface area contributed by atoms with Crippen molar-refractivity contribution in [3.05, 3.63) is 52.1 Å². The fraction of sp³-hybridized carbons (Fsp3) is 0.333. The van der Waals surface area contributed by atoms with Gasteiger partial charge < -0.3 is 10.4 Å². The van der Waals surface area contributed by atoms with Gasteiger partial charge in [0.25, 0.3) is 5.56 Å². The Morgan fingerprint density at radius 2 is 2.05 bits per heavy atom. The van der Waals surface area contributed by atoms with Gasteiger partial charge in [0.15, 0.2) is 0 Å². The summed E-state index contributed by atoms with van der Waals surface area (Å²) < 4.78 is 1.69. The third-order valence-electron chi connectivity index (χ3n) is 3.57. The van der Waals surface area contributed by atoms with Crippen molar-refractivity contribution in [2.24, 2.45) is 0 Å². The van der Waals surface area contributed by atoms with Gasteiger partial charge >= 0.3 is 0 Å².